The summed E-state index contributed by atoms with van der Waals surface area (Å²) in [6.07, 6.45) is 1.37. The van der Waals surface area contributed by atoms with E-state index in [1.54, 1.807) is 6.07 Å². The zero-order valence-electron chi connectivity index (χ0n) is 10.6. The van der Waals surface area contributed by atoms with Gasteiger partial charge in [-0.05, 0) is 45.8 Å². The summed E-state index contributed by atoms with van der Waals surface area (Å²) in [7, 11) is 0. The number of nitrogens with one attached hydrogen (secondary N) is 1. The third kappa shape index (κ3) is 3.85. The lowest BCUT2D eigenvalue weighted by molar-refractivity contribution is 0.0690. The number of hydrogen-bond acceptors (Lipinski definition) is 3. The standard InChI is InChI=1S/C14H10BrFN2O3/c15-10-3-2-9(5-11(10)16)13(19)18-7-8-1-4-12(14(20)21)17-6-8/h1-6H,7H2,(H,18,19)(H,20,21). The molecule has 1 amide bonds. The number of rotatable bonds is 4. The van der Waals surface area contributed by atoms with E-state index in [0.29, 0.717) is 5.56 Å². The summed E-state index contributed by atoms with van der Waals surface area (Å²) in [6, 6.07) is 6.98. The third-order valence-electron chi connectivity index (χ3n) is 2.68. The van der Waals surface area contributed by atoms with E-state index in [0.717, 1.165) is 6.07 Å². The van der Waals surface area contributed by atoms with Gasteiger partial charge in [0.2, 0.25) is 0 Å². The molecule has 2 rings (SSSR count). The molecule has 0 saturated carbocycles. The Labute approximate surface area is 128 Å². The minimum absolute atomic E-state index is 0.0694. The highest BCUT2D eigenvalue weighted by Crippen LogP contribution is 2.16. The van der Waals surface area contributed by atoms with Crippen molar-refractivity contribution in [3.8, 4) is 0 Å². The number of carbonyl (C=O) groups is 2. The topological polar surface area (TPSA) is 79.3 Å². The van der Waals surface area contributed by atoms with Crippen LogP contribution in [0.25, 0.3) is 0 Å². The largest absolute Gasteiger partial charge is 0.477 e. The molecule has 0 saturated heterocycles. The zero-order chi connectivity index (χ0) is 15.4. The molecule has 1 aromatic carbocycles. The van der Waals surface area contributed by atoms with E-state index in [4.69, 9.17) is 5.11 Å². The lowest BCUT2D eigenvalue weighted by Gasteiger charge is -2.06. The molecule has 0 aliphatic carbocycles. The van der Waals surface area contributed by atoms with Crippen LogP contribution in [0.4, 0.5) is 4.39 Å². The van der Waals surface area contributed by atoms with Gasteiger partial charge in [0, 0.05) is 18.3 Å². The Morgan fingerprint density at radius 2 is 2.05 bits per heavy atom. The monoisotopic (exact) mass is 352 g/mol. The van der Waals surface area contributed by atoms with Gasteiger partial charge in [-0.15, -0.1) is 0 Å². The number of hydrogen-bond donors (Lipinski definition) is 2. The molecule has 0 fully saturated rings. The predicted molar refractivity (Wildman–Crippen MR) is 76.5 cm³/mol. The van der Waals surface area contributed by atoms with Crippen LogP contribution < -0.4 is 5.32 Å². The van der Waals surface area contributed by atoms with E-state index in [9.17, 15) is 14.0 Å². The maximum atomic E-state index is 13.3. The Morgan fingerprint density at radius 3 is 2.62 bits per heavy atom. The van der Waals surface area contributed by atoms with Crippen molar-refractivity contribution in [3.63, 3.8) is 0 Å². The Hall–Kier alpha value is -2.28. The van der Waals surface area contributed by atoms with E-state index in [-0.39, 0.29) is 22.3 Å². The highest BCUT2D eigenvalue weighted by molar-refractivity contribution is 9.10. The van der Waals surface area contributed by atoms with Crippen molar-refractivity contribution in [2.75, 3.05) is 0 Å². The fourth-order valence-corrected chi connectivity index (χ4v) is 1.82. The van der Waals surface area contributed by atoms with Crippen LogP contribution in [0.1, 0.15) is 26.4 Å². The van der Waals surface area contributed by atoms with Gasteiger partial charge < -0.3 is 10.4 Å². The molecular weight excluding hydrogens is 343 g/mol. The van der Waals surface area contributed by atoms with Crippen LogP contribution >= 0.6 is 15.9 Å². The van der Waals surface area contributed by atoms with Crippen molar-refractivity contribution in [2.24, 2.45) is 0 Å². The van der Waals surface area contributed by atoms with E-state index in [2.05, 4.69) is 26.2 Å². The smallest absolute Gasteiger partial charge is 0.354 e. The summed E-state index contributed by atoms with van der Waals surface area (Å²) in [5.41, 5.74) is 0.775. The number of carboxylic acid groups (broad SMARTS) is 1. The average molecular weight is 353 g/mol. The molecule has 0 radical (unpaired) electrons. The van der Waals surface area contributed by atoms with E-state index in [1.807, 2.05) is 0 Å². The second-order valence-electron chi connectivity index (χ2n) is 4.17. The summed E-state index contributed by atoms with van der Waals surface area (Å²) in [5.74, 6) is -2.06. The maximum Gasteiger partial charge on any atom is 0.354 e. The van der Waals surface area contributed by atoms with E-state index >= 15 is 0 Å². The fraction of sp³-hybridized carbons (Fsp3) is 0.0714. The SMILES string of the molecule is O=C(NCc1ccc(C(=O)O)nc1)c1ccc(Br)c(F)c1. The number of halogens is 2. The molecular formula is C14H10BrFN2O3. The molecule has 21 heavy (non-hydrogen) atoms. The van der Waals surface area contributed by atoms with E-state index in [1.165, 1.54) is 24.4 Å². The first-order chi connectivity index (χ1) is 9.97. The average Bonchev–Trinajstić information content (AvgIpc) is 2.48. The van der Waals surface area contributed by atoms with Crippen molar-refractivity contribution in [3.05, 3.63) is 63.6 Å². The molecule has 0 bridgehead atoms. The molecule has 0 spiro atoms. The number of aromatic carboxylic acids is 1. The molecule has 7 heteroatoms. The molecule has 108 valence electrons. The number of pyridine rings is 1. The molecule has 2 aromatic rings. The summed E-state index contributed by atoms with van der Waals surface area (Å²) in [6.45, 7) is 0.170. The Balaban J connectivity index is 2.00. The van der Waals surface area contributed by atoms with Crippen LogP contribution in [0.5, 0.6) is 0 Å². The van der Waals surface area contributed by atoms with Gasteiger partial charge in [-0.3, -0.25) is 4.79 Å². The molecule has 0 aliphatic heterocycles. The van der Waals surface area contributed by atoms with Crippen LogP contribution in [0.15, 0.2) is 41.0 Å². The Bertz CT molecular complexity index is 689. The summed E-state index contributed by atoms with van der Waals surface area (Å²) < 4.78 is 13.6. The molecule has 1 aromatic heterocycles. The first-order valence-electron chi connectivity index (χ1n) is 5.89. The van der Waals surface area contributed by atoms with Gasteiger partial charge in [0.05, 0.1) is 4.47 Å². The predicted octanol–water partition coefficient (Wildman–Crippen LogP) is 2.61. The minimum atomic E-state index is -1.11. The summed E-state index contributed by atoms with van der Waals surface area (Å²) in [5, 5.41) is 11.3. The van der Waals surface area contributed by atoms with Crippen LogP contribution in [-0.4, -0.2) is 22.0 Å². The van der Waals surface area contributed by atoms with Gasteiger partial charge in [0.25, 0.3) is 5.91 Å². The molecule has 5 nitrogen and oxygen atoms in total. The molecule has 0 unspecified atom stereocenters. The highest BCUT2D eigenvalue weighted by Gasteiger charge is 2.09. The van der Waals surface area contributed by atoms with Gasteiger partial charge in [0.15, 0.2) is 0 Å². The number of nitrogens with zero attached hydrogens (tertiary/aromatic N) is 1. The van der Waals surface area contributed by atoms with Crippen LogP contribution in [-0.2, 0) is 6.54 Å². The minimum Gasteiger partial charge on any atom is -0.477 e. The van der Waals surface area contributed by atoms with Crippen LogP contribution in [0, 0.1) is 5.82 Å². The van der Waals surface area contributed by atoms with Crippen molar-refractivity contribution in [1.29, 1.82) is 0 Å². The number of aromatic nitrogens is 1. The first-order valence-corrected chi connectivity index (χ1v) is 6.68. The normalized spacial score (nSPS) is 10.2. The van der Waals surface area contributed by atoms with Crippen LogP contribution in [0.3, 0.4) is 0 Å². The second-order valence-corrected chi connectivity index (χ2v) is 5.02. The maximum absolute atomic E-state index is 13.3. The molecule has 0 atom stereocenters. The third-order valence-corrected chi connectivity index (χ3v) is 3.32. The fourth-order valence-electron chi connectivity index (χ4n) is 1.58. The van der Waals surface area contributed by atoms with Crippen molar-refractivity contribution in [1.82, 2.24) is 10.3 Å². The number of carboxylic acids is 1. The van der Waals surface area contributed by atoms with Crippen molar-refractivity contribution < 1.29 is 19.1 Å². The second kappa shape index (κ2) is 6.45. The summed E-state index contributed by atoms with van der Waals surface area (Å²) in [4.78, 5) is 26.2. The number of benzene rings is 1. The highest BCUT2D eigenvalue weighted by atomic mass is 79.9. The van der Waals surface area contributed by atoms with Crippen molar-refractivity contribution >= 4 is 27.8 Å². The Kier molecular flexibility index (Phi) is 4.64. The van der Waals surface area contributed by atoms with Gasteiger partial charge in [-0.25, -0.2) is 14.2 Å². The van der Waals surface area contributed by atoms with E-state index < -0.39 is 17.7 Å². The number of amides is 1. The van der Waals surface area contributed by atoms with Gasteiger partial charge in [0.1, 0.15) is 11.5 Å². The summed E-state index contributed by atoms with van der Waals surface area (Å²) >= 11 is 3.01. The molecule has 2 N–H and O–H groups in total. The number of carbonyl (C=O) groups excluding carboxylic acids is 1. The molecule has 1 heterocycles. The lowest BCUT2D eigenvalue weighted by atomic mass is 10.2. The first kappa shape index (κ1) is 15.1. The quantitative estimate of drug-likeness (QED) is 0.886. The van der Waals surface area contributed by atoms with Gasteiger partial charge in [-0.1, -0.05) is 6.07 Å². The van der Waals surface area contributed by atoms with Gasteiger partial charge >= 0.3 is 5.97 Å². The Morgan fingerprint density at radius 1 is 1.29 bits per heavy atom. The zero-order valence-corrected chi connectivity index (χ0v) is 12.2. The molecule has 0 aliphatic rings. The van der Waals surface area contributed by atoms with Crippen LogP contribution in [0.2, 0.25) is 0 Å². The lowest BCUT2D eigenvalue weighted by Crippen LogP contribution is -2.23. The van der Waals surface area contributed by atoms with Crippen molar-refractivity contribution in [2.45, 2.75) is 6.54 Å². The van der Waals surface area contributed by atoms with Gasteiger partial charge in [-0.2, -0.15) is 0 Å².